The first-order valence-electron chi connectivity index (χ1n) is 32.7. The third kappa shape index (κ3) is 64.3. The molecule has 0 rings (SSSR count). The maximum Gasteiger partial charge on any atom is 0.306 e. The van der Waals surface area contributed by atoms with Crippen LogP contribution >= 0.6 is 0 Å². The second kappa shape index (κ2) is 66.1. The molecule has 0 N–H and O–H groups in total. The highest BCUT2D eigenvalue weighted by molar-refractivity contribution is 5.71. The molecule has 0 heterocycles. The Bertz CT molecular complexity index is 1680. The van der Waals surface area contributed by atoms with E-state index in [1.807, 2.05) is 0 Å². The van der Waals surface area contributed by atoms with E-state index >= 15 is 0 Å². The van der Waals surface area contributed by atoms with Crippen LogP contribution in [0.1, 0.15) is 290 Å². The summed E-state index contributed by atoms with van der Waals surface area (Å²) in [4.78, 5) is 38.4. The van der Waals surface area contributed by atoms with Gasteiger partial charge in [0.1, 0.15) is 13.2 Å². The van der Waals surface area contributed by atoms with Crippen molar-refractivity contribution in [1.82, 2.24) is 0 Å². The molecule has 0 aromatic rings. The SMILES string of the molecule is CC/C=C\C/C=C\C/C=C\C/C=C\C/C=C\CCCCCC(=O)OCC(COC(=O)CCCCCCCC/C=C\C/C=C\C/C=C\CCCCCCC)OC(=O)CCCCCCCC/C=C\C/C=C\C/C=C\CCCCCCC. The van der Waals surface area contributed by atoms with E-state index in [9.17, 15) is 14.4 Å². The van der Waals surface area contributed by atoms with Gasteiger partial charge >= 0.3 is 17.9 Å². The van der Waals surface area contributed by atoms with Gasteiger partial charge in [0.25, 0.3) is 0 Å². The molecular weight excluding hydrogens is 973 g/mol. The van der Waals surface area contributed by atoms with Gasteiger partial charge in [-0.1, -0.05) is 264 Å². The van der Waals surface area contributed by atoms with Crippen LogP contribution in [0.15, 0.2) is 134 Å². The number of ether oxygens (including phenoxy) is 3. The second-order valence-electron chi connectivity index (χ2n) is 21.3. The standard InChI is InChI=1S/C73H120O6/c1-4-7-10-13-16-19-22-25-28-31-34-36-39-42-45-48-51-54-57-60-63-66-72(75)78-69-70(68-77-71(74)65-62-59-56-53-50-47-44-41-38-33-30-27-24-21-18-15-12-9-6-3)79-73(76)67-64-61-58-55-52-49-46-43-40-37-35-32-29-26-23-20-17-14-11-8-5-2/h9,12,18,21-23,25-27,30-32,34-35,38-43,47,50,70H,4-8,10-11,13-17,19-20,24,28-29,33,36-37,44-46,48-49,51-69H2,1-3H3/b12-9-,21-18-,25-22-,26-23-,30-27-,34-31-,35-32-,41-38-,42-39-,43-40-,50-47-. The molecule has 0 amide bonds. The van der Waals surface area contributed by atoms with Crippen LogP contribution in [0, 0.1) is 0 Å². The molecule has 0 saturated carbocycles. The lowest BCUT2D eigenvalue weighted by atomic mass is 10.1. The molecule has 0 aliphatic carbocycles. The predicted octanol–water partition coefficient (Wildman–Crippen LogP) is 22.5. The highest BCUT2D eigenvalue weighted by Gasteiger charge is 2.19. The van der Waals surface area contributed by atoms with Crippen molar-refractivity contribution in [1.29, 1.82) is 0 Å². The minimum absolute atomic E-state index is 0.105. The van der Waals surface area contributed by atoms with Crippen molar-refractivity contribution in [3.05, 3.63) is 134 Å². The van der Waals surface area contributed by atoms with E-state index in [0.29, 0.717) is 19.3 Å². The Morgan fingerprint density at radius 3 is 0.785 bits per heavy atom. The molecule has 79 heavy (non-hydrogen) atoms. The van der Waals surface area contributed by atoms with E-state index in [1.165, 1.54) is 103 Å². The first-order chi connectivity index (χ1) is 39.0. The fourth-order valence-corrected chi connectivity index (χ4v) is 8.72. The van der Waals surface area contributed by atoms with Crippen LogP contribution in [0.25, 0.3) is 0 Å². The van der Waals surface area contributed by atoms with E-state index in [4.69, 9.17) is 14.2 Å². The number of esters is 3. The Labute approximate surface area is 487 Å². The molecule has 448 valence electrons. The summed E-state index contributed by atoms with van der Waals surface area (Å²) < 4.78 is 16.9. The van der Waals surface area contributed by atoms with Gasteiger partial charge < -0.3 is 14.2 Å². The van der Waals surface area contributed by atoms with Gasteiger partial charge in [-0.15, -0.1) is 0 Å². The van der Waals surface area contributed by atoms with Gasteiger partial charge in [0.05, 0.1) is 0 Å². The molecule has 1 atom stereocenters. The van der Waals surface area contributed by atoms with Crippen molar-refractivity contribution in [3.63, 3.8) is 0 Å². The van der Waals surface area contributed by atoms with Crippen molar-refractivity contribution in [2.24, 2.45) is 0 Å². The van der Waals surface area contributed by atoms with Crippen LogP contribution < -0.4 is 0 Å². The normalized spacial score (nSPS) is 13.0. The summed E-state index contributed by atoms with van der Waals surface area (Å²) in [5.74, 6) is -0.959. The third-order valence-electron chi connectivity index (χ3n) is 13.6. The number of rotatable bonds is 58. The summed E-state index contributed by atoms with van der Waals surface area (Å²) >= 11 is 0. The molecule has 0 aliphatic rings. The number of hydrogen-bond donors (Lipinski definition) is 0. The molecule has 0 aromatic carbocycles. The number of unbranched alkanes of at least 4 members (excludes halogenated alkanes) is 25. The van der Waals surface area contributed by atoms with Crippen molar-refractivity contribution in [2.75, 3.05) is 13.2 Å². The molecule has 1 unspecified atom stereocenters. The zero-order valence-corrected chi connectivity index (χ0v) is 51.3. The van der Waals surface area contributed by atoms with E-state index in [2.05, 4.69) is 154 Å². The van der Waals surface area contributed by atoms with E-state index in [0.717, 1.165) is 148 Å². The largest absolute Gasteiger partial charge is 0.462 e. The zero-order chi connectivity index (χ0) is 57.1. The molecule has 6 nitrogen and oxygen atoms in total. The molecule has 0 spiro atoms. The van der Waals surface area contributed by atoms with E-state index in [-0.39, 0.29) is 31.1 Å². The van der Waals surface area contributed by atoms with Gasteiger partial charge in [-0.3, -0.25) is 14.4 Å². The van der Waals surface area contributed by atoms with Crippen molar-refractivity contribution in [3.8, 4) is 0 Å². The lowest BCUT2D eigenvalue weighted by Crippen LogP contribution is -2.30. The fraction of sp³-hybridized carbons (Fsp3) is 0.658. The Kier molecular flexibility index (Phi) is 62.3. The summed E-state index contributed by atoms with van der Waals surface area (Å²) in [5, 5.41) is 0. The topological polar surface area (TPSA) is 78.9 Å². The number of allylic oxidation sites excluding steroid dienone is 22. The molecule has 0 radical (unpaired) electrons. The second-order valence-corrected chi connectivity index (χ2v) is 21.3. The highest BCUT2D eigenvalue weighted by atomic mass is 16.6. The maximum atomic E-state index is 12.9. The van der Waals surface area contributed by atoms with Crippen molar-refractivity contribution >= 4 is 17.9 Å². The van der Waals surface area contributed by atoms with Crippen LogP contribution in [-0.2, 0) is 28.6 Å². The number of carbonyl (C=O) groups excluding carboxylic acids is 3. The van der Waals surface area contributed by atoms with E-state index in [1.54, 1.807) is 0 Å². The summed E-state index contributed by atoms with van der Waals surface area (Å²) in [7, 11) is 0. The summed E-state index contributed by atoms with van der Waals surface area (Å²) in [5.41, 5.74) is 0. The maximum absolute atomic E-state index is 12.9. The molecule has 0 aromatic heterocycles. The van der Waals surface area contributed by atoms with Crippen LogP contribution in [0.3, 0.4) is 0 Å². The van der Waals surface area contributed by atoms with Gasteiger partial charge in [0.2, 0.25) is 0 Å². The smallest absolute Gasteiger partial charge is 0.306 e. The van der Waals surface area contributed by atoms with Crippen molar-refractivity contribution < 1.29 is 28.6 Å². The lowest BCUT2D eigenvalue weighted by molar-refractivity contribution is -0.167. The lowest BCUT2D eigenvalue weighted by Gasteiger charge is -2.18. The predicted molar refractivity (Wildman–Crippen MR) is 343 cm³/mol. The first kappa shape index (κ1) is 74.5. The zero-order valence-electron chi connectivity index (χ0n) is 51.3. The average Bonchev–Trinajstić information content (AvgIpc) is 3.45. The molecule has 0 fully saturated rings. The molecule has 0 aliphatic heterocycles. The third-order valence-corrected chi connectivity index (χ3v) is 13.6. The monoisotopic (exact) mass is 1090 g/mol. The molecule has 6 heteroatoms. The minimum atomic E-state index is -0.812. The van der Waals surface area contributed by atoms with Crippen LogP contribution in [-0.4, -0.2) is 37.2 Å². The Hall–Kier alpha value is -4.45. The van der Waals surface area contributed by atoms with Crippen LogP contribution in [0.4, 0.5) is 0 Å². The molecule has 0 bridgehead atoms. The Balaban J connectivity index is 4.52. The van der Waals surface area contributed by atoms with Crippen LogP contribution in [0.5, 0.6) is 0 Å². The number of carbonyl (C=O) groups is 3. The van der Waals surface area contributed by atoms with Gasteiger partial charge in [0.15, 0.2) is 6.10 Å². The van der Waals surface area contributed by atoms with Gasteiger partial charge in [0, 0.05) is 19.3 Å². The van der Waals surface area contributed by atoms with E-state index < -0.39 is 6.10 Å². The van der Waals surface area contributed by atoms with Crippen molar-refractivity contribution in [2.45, 2.75) is 297 Å². The number of hydrogen-bond acceptors (Lipinski definition) is 6. The van der Waals surface area contributed by atoms with Gasteiger partial charge in [-0.25, -0.2) is 0 Å². The van der Waals surface area contributed by atoms with Gasteiger partial charge in [-0.05, 0) is 141 Å². The molecular formula is C73H120O6. The molecule has 0 saturated heterocycles. The minimum Gasteiger partial charge on any atom is -0.462 e. The highest BCUT2D eigenvalue weighted by Crippen LogP contribution is 2.14. The Morgan fingerprint density at radius 2 is 0.494 bits per heavy atom. The summed E-state index contributed by atoms with van der Waals surface area (Å²) in [6, 6.07) is 0. The quantitative estimate of drug-likeness (QED) is 0.0261. The Morgan fingerprint density at radius 1 is 0.266 bits per heavy atom. The average molecular weight is 1090 g/mol. The van der Waals surface area contributed by atoms with Crippen LogP contribution in [0.2, 0.25) is 0 Å². The first-order valence-corrected chi connectivity index (χ1v) is 32.7. The summed E-state index contributed by atoms with van der Waals surface area (Å²) in [6.45, 7) is 6.47. The van der Waals surface area contributed by atoms with Gasteiger partial charge in [-0.2, -0.15) is 0 Å². The summed E-state index contributed by atoms with van der Waals surface area (Å²) in [6.07, 6.45) is 93.0. The fourth-order valence-electron chi connectivity index (χ4n) is 8.72.